The van der Waals surface area contributed by atoms with Gasteiger partial charge in [0.1, 0.15) is 0 Å². The number of aryl methyl sites for hydroxylation is 3. The topological polar surface area (TPSA) is 62.5 Å². The van der Waals surface area contributed by atoms with Gasteiger partial charge in [0.2, 0.25) is 17.6 Å². The Bertz CT molecular complexity index is 1020. The van der Waals surface area contributed by atoms with Gasteiger partial charge in [0, 0.05) is 50.3 Å². The number of amides is 1. The molecule has 30 heavy (non-hydrogen) atoms. The number of carbonyl (C=O) groups excluding carboxylic acids is 1. The van der Waals surface area contributed by atoms with Crippen LogP contribution in [0.15, 0.2) is 47.0 Å². The van der Waals surface area contributed by atoms with Crippen LogP contribution >= 0.6 is 0 Å². The number of hydrogen-bond donors (Lipinski definition) is 0. The van der Waals surface area contributed by atoms with Crippen molar-refractivity contribution in [3.63, 3.8) is 0 Å². The van der Waals surface area contributed by atoms with E-state index in [1.165, 1.54) is 22.4 Å². The first-order valence-electron chi connectivity index (χ1n) is 10.5. The number of carbonyl (C=O) groups is 1. The van der Waals surface area contributed by atoms with Crippen LogP contribution in [-0.4, -0.2) is 47.1 Å². The van der Waals surface area contributed by atoms with Crippen molar-refractivity contribution in [2.45, 2.75) is 33.6 Å². The molecule has 1 aliphatic rings. The Morgan fingerprint density at radius 3 is 2.47 bits per heavy atom. The summed E-state index contributed by atoms with van der Waals surface area (Å²) < 4.78 is 5.35. The van der Waals surface area contributed by atoms with Gasteiger partial charge in [0.25, 0.3) is 0 Å². The van der Waals surface area contributed by atoms with Gasteiger partial charge < -0.3 is 14.3 Å². The fourth-order valence-electron chi connectivity index (χ4n) is 3.82. The molecule has 1 saturated heterocycles. The molecule has 0 spiro atoms. The second-order valence-corrected chi connectivity index (χ2v) is 7.96. The van der Waals surface area contributed by atoms with Crippen LogP contribution < -0.4 is 4.90 Å². The molecule has 0 radical (unpaired) electrons. The minimum absolute atomic E-state index is 0.144. The van der Waals surface area contributed by atoms with E-state index >= 15 is 0 Å². The van der Waals surface area contributed by atoms with E-state index in [2.05, 4.69) is 47.1 Å². The molecule has 1 fully saturated rings. The Morgan fingerprint density at radius 1 is 1.00 bits per heavy atom. The molecule has 0 aliphatic carbocycles. The summed E-state index contributed by atoms with van der Waals surface area (Å²) in [6, 6.07) is 14.4. The van der Waals surface area contributed by atoms with E-state index in [4.69, 9.17) is 4.52 Å². The van der Waals surface area contributed by atoms with Gasteiger partial charge in [-0.2, -0.15) is 4.98 Å². The molecular formula is C24H28N4O2. The lowest BCUT2D eigenvalue weighted by atomic mass is 10.1. The highest BCUT2D eigenvalue weighted by atomic mass is 16.5. The standard InChI is InChI=1S/C24H28N4O2/c1-17-7-9-20(10-8-17)24-25-22(30-26-24)11-12-23(29)28-15-13-27(14-16-28)21-6-4-5-18(2)19(21)3/h4-10H,11-16H2,1-3H3. The number of piperazine rings is 1. The highest BCUT2D eigenvalue weighted by molar-refractivity contribution is 5.76. The molecule has 1 amide bonds. The first kappa shape index (κ1) is 20.1. The molecular weight excluding hydrogens is 376 g/mol. The van der Waals surface area contributed by atoms with Gasteiger partial charge in [0.05, 0.1) is 0 Å². The molecule has 0 unspecified atom stereocenters. The number of benzene rings is 2. The molecule has 0 N–H and O–H groups in total. The van der Waals surface area contributed by atoms with Gasteiger partial charge in [-0.25, -0.2) is 0 Å². The highest BCUT2D eigenvalue weighted by Gasteiger charge is 2.22. The molecule has 6 nitrogen and oxygen atoms in total. The van der Waals surface area contributed by atoms with Gasteiger partial charge in [-0.05, 0) is 38.0 Å². The molecule has 2 heterocycles. The number of aromatic nitrogens is 2. The van der Waals surface area contributed by atoms with E-state index in [-0.39, 0.29) is 5.91 Å². The third-order valence-electron chi connectivity index (χ3n) is 5.88. The van der Waals surface area contributed by atoms with E-state index in [9.17, 15) is 4.79 Å². The van der Waals surface area contributed by atoms with Crippen LogP contribution in [0.2, 0.25) is 0 Å². The maximum Gasteiger partial charge on any atom is 0.227 e. The lowest BCUT2D eigenvalue weighted by molar-refractivity contribution is -0.131. The third-order valence-corrected chi connectivity index (χ3v) is 5.88. The van der Waals surface area contributed by atoms with E-state index in [1.807, 2.05) is 36.1 Å². The Hall–Kier alpha value is -3.15. The number of nitrogens with zero attached hydrogens (tertiary/aromatic N) is 4. The van der Waals surface area contributed by atoms with Crippen molar-refractivity contribution in [3.8, 4) is 11.4 Å². The molecule has 3 aromatic rings. The van der Waals surface area contributed by atoms with Crippen molar-refractivity contribution in [2.24, 2.45) is 0 Å². The second kappa shape index (κ2) is 8.69. The first-order valence-corrected chi connectivity index (χ1v) is 10.5. The van der Waals surface area contributed by atoms with Crippen LogP contribution in [-0.2, 0) is 11.2 Å². The Morgan fingerprint density at radius 2 is 1.73 bits per heavy atom. The van der Waals surface area contributed by atoms with Crippen molar-refractivity contribution in [3.05, 3.63) is 65.0 Å². The summed E-state index contributed by atoms with van der Waals surface area (Å²) in [6.45, 7) is 9.54. The summed E-state index contributed by atoms with van der Waals surface area (Å²) in [7, 11) is 0. The zero-order valence-electron chi connectivity index (χ0n) is 17.9. The molecule has 0 atom stereocenters. The first-order chi connectivity index (χ1) is 14.5. The minimum Gasteiger partial charge on any atom is -0.368 e. The van der Waals surface area contributed by atoms with Crippen molar-refractivity contribution >= 4 is 11.6 Å². The Kier molecular flexibility index (Phi) is 5.84. The maximum atomic E-state index is 12.7. The third kappa shape index (κ3) is 4.37. The van der Waals surface area contributed by atoms with Gasteiger partial charge in [-0.1, -0.05) is 47.1 Å². The fourth-order valence-corrected chi connectivity index (χ4v) is 3.82. The second-order valence-electron chi connectivity index (χ2n) is 7.96. The van der Waals surface area contributed by atoms with E-state index in [1.54, 1.807) is 0 Å². The van der Waals surface area contributed by atoms with E-state index < -0.39 is 0 Å². The van der Waals surface area contributed by atoms with Crippen molar-refractivity contribution in [1.29, 1.82) is 0 Å². The van der Waals surface area contributed by atoms with Crippen LogP contribution in [0.5, 0.6) is 0 Å². The van der Waals surface area contributed by atoms with Crippen LogP contribution in [0.4, 0.5) is 5.69 Å². The van der Waals surface area contributed by atoms with Crippen LogP contribution in [0, 0.1) is 20.8 Å². The fraction of sp³-hybridized carbons (Fsp3) is 0.375. The number of hydrogen-bond acceptors (Lipinski definition) is 5. The lowest BCUT2D eigenvalue weighted by Crippen LogP contribution is -2.49. The summed E-state index contributed by atoms with van der Waals surface area (Å²) in [5.74, 6) is 1.22. The van der Waals surface area contributed by atoms with Crippen LogP contribution in [0.1, 0.15) is 29.0 Å². The van der Waals surface area contributed by atoms with Crippen molar-refractivity contribution in [2.75, 3.05) is 31.1 Å². The van der Waals surface area contributed by atoms with Gasteiger partial charge in [0.15, 0.2) is 0 Å². The zero-order valence-corrected chi connectivity index (χ0v) is 17.9. The summed E-state index contributed by atoms with van der Waals surface area (Å²) >= 11 is 0. The minimum atomic E-state index is 0.144. The largest absolute Gasteiger partial charge is 0.368 e. The molecule has 0 saturated carbocycles. The smallest absolute Gasteiger partial charge is 0.227 e. The lowest BCUT2D eigenvalue weighted by Gasteiger charge is -2.37. The van der Waals surface area contributed by atoms with Crippen molar-refractivity contribution in [1.82, 2.24) is 15.0 Å². The molecule has 156 valence electrons. The molecule has 2 aromatic carbocycles. The van der Waals surface area contributed by atoms with Crippen molar-refractivity contribution < 1.29 is 9.32 Å². The quantitative estimate of drug-likeness (QED) is 0.644. The maximum absolute atomic E-state index is 12.7. The average Bonchev–Trinajstić information content (AvgIpc) is 3.24. The van der Waals surface area contributed by atoms with E-state index in [0.29, 0.717) is 24.6 Å². The summed E-state index contributed by atoms with van der Waals surface area (Å²) in [5, 5.41) is 4.05. The average molecular weight is 405 g/mol. The van der Waals surface area contributed by atoms with Crippen LogP contribution in [0.3, 0.4) is 0 Å². The van der Waals surface area contributed by atoms with Gasteiger partial charge >= 0.3 is 0 Å². The molecule has 4 rings (SSSR count). The molecule has 1 aliphatic heterocycles. The normalized spacial score (nSPS) is 14.2. The van der Waals surface area contributed by atoms with Crippen LogP contribution in [0.25, 0.3) is 11.4 Å². The number of rotatable bonds is 5. The van der Waals surface area contributed by atoms with Gasteiger partial charge in [-0.3, -0.25) is 4.79 Å². The molecule has 6 heteroatoms. The summed E-state index contributed by atoms with van der Waals surface area (Å²) in [5.41, 5.74) is 6.00. The monoisotopic (exact) mass is 404 g/mol. The SMILES string of the molecule is Cc1ccc(-c2noc(CCC(=O)N3CCN(c4cccc(C)c4C)CC3)n2)cc1. The molecule has 0 bridgehead atoms. The number of anilines is 1. The summed E-state index contributed by atoms with van der Waals surface area (Å²) in [6.07, 6.45) is 0.855. The Balaban J connectivity index is 1.29. The predicted octanol–water partition coefficient (Wildman–Crippen LogP) is 3.94. The highest BCUT2D eigenvalue weighted by Crippen LogP contribution is 2.24. The summed E-state index contributed by atoms with van der Waals surface area (Å²) in [4.78, 5) is 21.4. The van der Waals surface area contributed by atoms with E-state index in [0.717, 1.165) is 31.7 Å². The zero-order chi connectivity index (χ0) is 21.1. The van der Waals surface area contributed by atoms with Gasteiger partial charge in [-0.15, -0.1) is 0 Å². The molecule has 1 aromatic heterocycles. The Labute approximate surface area is 177 Å². The predicted molar refractivity (Wildman–Crippen MR) is 118 cm³/mol.